The van der Waals surface area contributed by atoms with E-state index in [1.165, 1.54) is 0 Å². The topological polar surface area (TPSA) is 28.9 Å². The van der Waals surface area contributed by atoms with Gasteiger partial charge in [-0.25, -0.2) is 9.55 Å². The molecule has 0 amide bonds. The van der Waals surface area contributed by atoms with E-state index in [0.29, 0.717) is 6.61 Å². The van der Waals surface area contributed by atoms with Crippen molar-refractivity contribution < 1.29 is 9.30 Å². The van der Waals surface area contributed by atoms with Crippen molar-refractivity contribution in [1.82, 2.24) is 4.98 Å². The molecule has 1 heterocycles. The standard InChI is InChI=1S/C10H18N2O/c1-3-6-12-7-5-11-10(12)9-13-8-4-2/h5,7H,3-4,6,8-9H2,1-2H3/p+1. The van der Waals surface area contributed by atoms with Gasteiger partial charge in [0.2, 0.25) is 0 Å². The molecule has 0 bridgehead atoms. The summed E-state index contributed by atoms with van der Waals surface area (Å²) in [5.41, 5.74) is 0. The zero-order chi connectivity index (χ0) is 9.52. The van der Waals surface area contributed by atoms with Gasteiger partial charge in [-0.1, -0.05) is 13.8 Å². The Kier molecular flexibility index (Phi) is 4.54. The number of H-pyrrole nitrogens is 1. The number of aromatic nitrogens is 2. The van der Waals surface area contributed by atoms with E-state index < -0.39 is 0 Å². The molecule has 0 aliphatic heterocycles. The first-order valence-corrected chi connectivity index (χ1v) is 5.02. The van der Waals surface area contributed by atoms with E-state index in [9.17, 15) is 0 Å². The van der Waals surface area contributed by atoms with E-state index in [4.69, 9.17) is 4.74 Å². The minimum Gasteiger partial charge on any atom is -0.369 e. The summed E-state index contributed by atoms with van der Waals surface area (Å²) in [4.78, 5) is 3.19. The maximum Gasteiger partial charge on any atom is 0.280 e. The zero-order valence-electron chi connectivity index (χ0n) is 8.55. The smallest absolute Gasteiger partial charge is 0.280 e. The molecule has 1 rings (SSSR count). The largest absolute Gasteiger partial charge is 0.369 e. The molecule has 3 nitrogen and oxygen atoms in total. The van der Waals surface area contributed by atoms with Gasteiger partial charge in [0, 0.05) is 6.61 Å². The number of aromatic amines is 1. The number of ether oxygens (including phenoxy) is 1. The Bertz CT molecular complexity index is 233. The Hall–Kier alpha value is -0.830. The average Bonchev–Trinajstić information content (AvgIpc) is 2.54. The van der Waals surface area contributed by atoms with Gasteiger partial charge in [0.05, 0.1) is 6.54 Å². The summed E-state index contributed by atoms with van der Waals surface area (Å²) < 4.78 is 7.67. The van der Waals surface area contributed by atoms with Gasteiger partial charge in [0.25, 0.3) is 5.82 Å². The number of nitrogens with one attached hydrogen (secondary N) is 1. The lowest BCUT2D eigenvalue weighted by molar-refractivity contribution is -0.704. The molecule has 1 aromatic heterocycles. The molecule has 3 heteroatoms. The quantitative estimate of drug-likeness (QED) is 0.527. The minimum atomic E-state index is 0.695. The SMILES string of the molecule is CCCOCc1[nH]cc[n+]1CCC. The lowest BCUT2D eigenvalue weighted by atomic mass is 10.4. The van der Waals surface area contributed by atoms with Crippen molar-refractivity contribution in [3.63, 3.8) is 0 Å². The third-order valence-corrected chi connectivity index (χ3v) is 1.90. The maximum atomic E-state index is 5.46. The molecule has 0 aromatic carbocycles. The van der Waals surface area contributed by atoms with E-state index in [0.717, 1.165) is 31.8 Å². The zero-order valence-corrected chi connectivity index (χ0v) is 8.55. The Morgan fingerprint density at radius 1 is 1.38 bits per heavy atom. The highest BCUT2D eigenvalue weighted by Gasteiger charge is 2.08. The van der Waals surface area contributed by atoms with Crippen LogP contribution in [0.15, 0.2) is 12.4 Å². The monoisotopic (exact) mass is 183 g/mol. The third-order valence-electron chi connectivity index (χ3n) is 1.90. The van der Waals surface area contributed by atoms with Crippen LogP contribution in [0, 0.1) is 0 Å². The molecule has 0 atom stereocenters. The van der Waals surface area contributed by atoms with E-state index >= 15 is 0 Å². The number of imidazole rings is 1. The summed E-state index contributed by atoms with van der Waals surface area (Å²) in [5, 5.41) is 0. The van der Waals surface area contributed by atoms with E-state index in [2.05, 4.69) is 29.6 Å². The van der Waals surface area contributed by atoms with E-state index in [1.54, 1.807) is 0 Å². The molecule has 0 aliphatic rings. The van der Waals surface area contributed by atoms with Crippen molar-refractivity contribution in [1.29, 1.82) is 0 Å². The summed E-state index contributed by atoms with van der Waals surface area (Å²) in [6.07, 6.45) is 6.26. The summed E-state index contributed by atoms with van der Waals surface area (Å²) in [6, 6.07) is 0. The molecule has 0 saturated carbocycles. The molecule has 74 valence electrons. The highest BCUT2D eigenvalue weighted by molar-refractivity contribution is 4.73. The van der Waals surface area contributed by atoms with Gasteiger partial charge in [0.1, 0.15) is 19.0 Å². The maximum absolute atomic E-state index is 5.46. The number of rotatable bonds is 6. The fourth-order valence-corrected chi connectivity index (χ4v) is 1.28. The van der Waals surface area contributed by atoms with Crippen molar-refractivity contribution >= 4 is 0 Å². The summed E-state index contributed by atoms with van der Waals surface area (Å²) >= 11 is 0. The van der Waals surface area contributed by atoms with Crippen molar-refractivity contribution in [2.75, 3.05) is 6.61 Å². The Morgan fingerprint density at radius 3 is 2.92 bits per heavy atom. The fraction of sp³-hybridized carbons (Fsp3) is 0.700. The summed E-state index contributed by atoms with van der Waals surface area (Å²) in [6.45, 7) is 6.89. The van der Waals surface area contributed by atoms with Crippen LogP contribution in [0.1, 0.15) is 32.5 Å². The number of hydrogen-bond donors (Lipinski definition) is 1. The number of hydrogen-bond acceptors (Lipinski definition) is 1. The van der Waals surface area contributed by atoms with Gasteiger partial charge in [-0.05, 0) is 12.8 Å². The van der Waals surface area contributed by atoms with Gasteiger partial charge in [-0.3, -0.25) is 0 Å². The normalized spacial score (nSPS) is 10.6. The second-order valence-electron chi connectivity index (χ2n) is 3.15. The molecule has 0 spiro atoms. The van der Waals surface area contributed by atoms with Crippen LogP contribution >= 0.6 is 0 Å². The van der Waals surface area contributed by atoms with E-state index in [-0.39, 0.29) is 0 Å². The van der Waals surface area contributed by atoms with Crippen molar-refractivity contribution in [3.8, 4) is 0 Å². The second kappa shape index (κ2) is 5.75. The number of aryl methyl sites for hydroxylation is 1. The molecule has 0 radical (unpaired) electrons. The van der Waals surface area contributed by atoms with E-state index in [1.807, 2.05) is 6.20 Å². The fourth-order valence-electron chi connectivity index (χ4n) is 1.28. The summed E-state index contributed by atoms with van der Waals surface area (Å²) in [5.74, 6) is 1.16. The first-order valence-electron chi connectivity index (χ1n) is 5.02. The van der Waals surface area contributed by atoms with Crippen LogP contribution in [0.5, 0.6) is 0 Å². The third kappa shape index (κ3) is 3.19. The highest BCUT2D eigenvalue weighted by atomic mass is 16.5. The van der Waals surface area contributed by atoms with Gasteiger partial charge < -0.3 is 4.74 Å². The molecule has 1 N–H and O–H groups in total. The summed E-state index contributed by atoms with van der Waals surface area (Å²) in [7, 11) is 0. The molecule has 0 aliphatic carbocycles. The van der Waals surface area contributed by atoms with Gasteiger partial charge in [-0.15, -0.1) is 0 Å². The molecular weight excluding hydrogens is 164 g/mol. The second-order valence-corrected chi connectivity index (χ2v) is 3.15. The predicted molar refractivity (Wildman–Crippen MR) is 51.2 cm³/mol. The molecule has 1 aromatic rings. The lowest BCUT2D eigenvalue weighted by Gasteiger charge is -1.99. The minimum absolute atomic E-state index is 0.695. The average molecular weight is 183 g/mol. The molecule has 13 heavy (non-hydrogen) atoms. The molecule has 0 unspecified atom stereocenters. The van der Waals surface area contributed by atoms with Gasteiger partial charge >= 0.3 is 0 Å². The van der Waals surface area contributed by atoms with Crippen LogP contribution in [0.2, 0.25) is 0 Å². The number of nitrogens with zero attached hydrogens (tertiary/aromatic N) is 1. The lowest BCUT2D eigenvalue weighted by Crippen LogP contribution is -2.36. The first-order chi connectivity index (χ1) is 6.38. The van der Waals surface area contributed by atoms with Crippen molar-refractivity contribution in [2.24, 2.45) is 0 Å². The Labute approximate surface area is 79.7 Å². The van der Waals surface area contributed by atoms with Gasteiger partial charge in [0.15, 0.2) is 0 Å². The van der Waals surface area contributed by atoms with Crippen molar-refractivity contribution in [2.45, 2.75) is 39.8 Å². The van der Waals surface area contributed by atoms with Crippen LogP contribution in [0.4, 0.5) is 0 Å². The molecule has 0 fully saturated rings. The van der Waals surface area contributed by atoms with Crippen LogP contribution < -0.4 is 4.57 Å². The van der Waals surface area contributed by atoms with Crippen LogP contribution in [-0.2, 0) is 17.9 Å². The molecular formula is C10H19N2O+. The first kappa shape index (κ1) is 10.3. The Balaban J connectivity index is 2.40. The van der Waals surface area contributed by atoms with Crippen LogP contribution in [-0.4, -0.2) is 11.6 Å². The van der Waals surface area contributed by atoms with Crippen LogP contribution in [0.25, 0.3) is 0 Å². The predicted octanol–water partition coefficient (Wildman–Crippen LogP) is 1.64. The van der Waals surface area contributed by atoms with Gasteiger partial charge in [-0.2, -0.15) is 0 Å². The molecule has 0 saturated heterocycles. The van der Waals surface area contributed by atoms with Crippen molar-refractivity contribution in [3.05, 3.63) is 18.2 Å². The van der Waals surface area contributed by atoms with Crippen LogP contribution in [0.3, 0.4) is 0 Å². The highest BCUT2D eigenvalue weighted by Crippen LogP contribution is 1.92. The Morgan fingerprint density at radius 2 is 2.23 bits per heavy atom.